The summed E-state index contributed by atoms with van der Waals surface area (Å²) in [5, 5.41) is -0.639. The molecule has 0 atom stereocenters. The molecule has 0 aromatic carbocycles. The average Bonchev–Trinajstić information content (AvgIpc) is 1.41. The fraction of sp³-hybridized carbons (Fsp3) is 0. The Hall–Kier alpha value is -0.260. The first-order valence-corrected chi connectivity index (χ1v) is 1.50. The first kappa shape index (κ1) is 9.22. The van der Waals surface area contributed by atoms with E-state index in [1.54, 1.807) is 0 Å². The van der Waals surface area contributed by atoms with Crippen molar-refractivity contribution >= 4 is 17.9 Å². The average molecular weight is 109 g/mol. The molecular formula is CH7N3OS. The molecule has 0 heterocycles. The Balaban J connectivity index is 0. The summed E-state index contributed by atoms with van der Waals surface area (Å²) in [4.78, 5) is 9.09. The zero-order valence-corrected chi connectivity index (χ0v) is 3.98. The van der Waals surface area contributed by atoms with E-state index in [0.29, 0.717) is 0 Å². The molecule has 0 aromatic heterocycles. The number of primary amides is 1. The summed E-state index contributed by atoms with van der Waals surface area (Å²) < 4.78 is 0. The fourth-order valence-corrected chi connectivity index (χ4v) is 0. The highest BCUT2D eigenvalue weighted by Gasteiger charge is 1.63. The third-order valence-electron chi connectivity index (χ3n) is 0. The molecule has 1 amide bonds. The molecule has 0 aliphatic rings. The van der Waals surface area contributed by atoms with E-state index < -0.39 is 5.24 Å². The van der Waals surface area contributed by atoms with E-state index in [1.165, 1.54) is 0 Å². The van der Waals surface area contributed by atoms with Gasteiger partial charge in [0.05, 0.1) is 0 Å². The van der Waals surface area contributed by atoms with Crippen LogP contribution in [0.15, 0.2) is 0 Å². The Labute approximate surface area is 41.1 Å². The van der Waals surface area contributed by atoms with E-state index in [-0.39, 0.29) is 0 Å². The number of amides is 1. The van der Waals surface area contributed by atoms with Crippen LogP contribution in [0.1, 0.15) is 0 Å². The SMILES string of the molecule is NC(=O)S.NN. The summed E-state index contributed by atoms with van der Waals surface area (Å²) in [6, 6.07) is 0. The molecule has 0 saturated carbocycles. The second-order valence-electron chi connectivity index (χ2n) is 0.338. The number of hydrogen-bond acceptors (Lipinski definition) is 3. The number of nitrogens with two attached hydrogens (primary N) is 3. The second-order valence-corrected chi connectivity index (χ2v) is 0.779. The van der Waals surface area contributed by atoms with Gasteiger partial charge in [-0.2, -0.15) is 0 Å². The smallest absolute Gasteiger partial charge is 0.273 e. The summed E-state index contributed by atoms with van der Waals surface area (Å²) in [5.41, 5.74) is 4.34. The molecule has 0 unspecified atom stereocenters. The molecule has 6 heavy (non-hydrogen) atoms. The number of hydrazine groups is 1. The Morgan fingerprint density at radius 2 is 1.50 bits per heavy atom. The highest BCUT2D eigenvalue weighted by molar-refractivity contribution is 7.96. The molecule has 0 fully saturated rings. The monoisotopic (exact) mass is 109 g/mol. The molecule has 0 spiro atoms. The normalized spacial score (nSPS) is 5.17. The Morgan fingerprint density at radius 3 is 1.50 bits per heavy atom. The third kappa shape index (κ3) is 415. The van der Waals surface area contributed by atoms with Crippen LogP contribution in [-0.4, -0.2) is 5.24 Å². The third-order valence-corrected chi connectivity index (χ3v) is 0. The molecule has 0 radical (unpaired) electrons. The lowest BCUT2D eigenvalue weighted by molar-refractivity contribution is 0.267. The number of thiol groups is 1. The van der Waals surface area contributed by atoms with Gasteiger partial charge in [-0.3, -0.25) is 16.5 Å². The van der Waals surface area contributed by atoms with Gasteiger partial charge in [0.2, 0.25) is 0 Å². The lowest BCUT2D eigenvalue weighted by Crippen LogP contribution is -2.02. The number of carbonyl (C=O) groups excluding carboxylic acids is 1. The summed E-state index contributed by atoms with van der Waals surface area (Å²) in [6.07, 6.45) is 0. The summed E-state index contributed by atoms with van der Waals surface area (Å²) in [7, 11) is 0. The van der Waals surface area contributed by atoms with Gasteiger partial charge in [0.15, 0.2) is 0 Å². The minimum atomic E-state index is -0.639. The van der Waals surface area contributed by atoms with Crippen molar-refractivity contribution in [3.05, 3.63) is 0 Å². The van der Waals surface area contributed by atoms with Gasteiger partial charge < -0.3 is 5.73 Å². The van der Waals surface area contributed by atoms with E-state index >= 15 is 0 Å². The van der Waals surface area contributed by atoms with Gasteiger partial charge in [0.25, 0.3) is 5.24 Å². The molecule has 0 bridgehead atoms. The van der Waals surface area contributed by atoms with Crippen LogP contribution in [0.25, 0.3) is 0 Å². The molecule has 0 aliphatic heterocycles. The molecule has 6 N–H and O–H groups in total. The van der Waals surface area contributed by atoms with Gasteiger partial charge in [-0.1, -0.05) is 12.6 Å². The molecule has 0 saturated heterocycles. The number of hydrogen-bond donors (Lipinski definition) is 4. The Morgan fingerprint density at radius 1 is 1.50 bits per heavy atom. The van der Waals surface area contributed by atoms with Crippen LogP contribution >= 0.6 is 12.6 Å². The predicted octanol–water partition coefficient (Wildman–Crippen LogP) is -1.19. The largest absolute Gasteiger partial charge is 0.361 e. The van der Waals surface area contributed by atoms with Crippen molar-refractivity contribution in [2.24, 2.45) is 17.4 Å². The highest BCUT2D eigenvalue weighted by Crippen LogP contribution is 1.60. The van der Waals surface area contributed by atoms with Crippen molar-refractivity contribution < 1.29 is 4.79 Å². The van der Waals surface area contributed by atoms with Crippen LogP contribution in [0, 0.1) is 0 Å². The highest BCUT2D eigenvalue weighted by atomic mass is 32.1. The van der Waals surface area contributed by atoms with E-state index in [2.05, 4.69) is 30.0 Å². The van der Waals surface area contributed by atoms with Crippen molar-refractivity contribution in [1.29, 1.82) is 0 Å². The van der Waals surface area contributed by atoms with E-state index in [9.17, 15) is 0 Å². The lowest BCUT2D eigenvalue weighted by Gasteiger charge is -1.58. The minimum Gasteiger partial charge on any atom is -0.361 e. The van der Waals surface area contributed by atoms with Crippen LogP contribution in [0.2, 0.25) is 0 Å². The van der Waals surface area contributed by atoms with Crippen LogP contribution < -0.4 is 17.4 Å². The maximum absolute atomic E-state index is 9.09. The van der Waals surface area contributed by atoms with Gasteiger partial charge in [-0.05, 0) is 0 Å². The predicted molar refractivity (Wildman–Crippen MR) is 26.9 cm³/mol. The maximum atomic E-state index is 9.09. The zero-order valence-electron chi connectivity index (χ0n) is 3.09. The van der Waals surface area contributed by atoms with Gasteiger partial charge in [0.1, 0.15) is 0 Å². The van der Waals surface area contributed by atoms with Gasteiger partial charge >= 0.3 is 0 Å². The van der Waals surface area contributed by atoms with Crippen molar-refractivity contribution in [3.63, 3.8) is 0 Å². The van der Waals surface area contributed by atoms with Gasteiger partial charge in [-0.15, -0.1) is 0 Å². The van der Waals surface area contributed by atoms with Crippen molar-refractivity contribution in [2.45, 2.75) is 0 Å². The zero-order chi connectivity index (χ0) is 5.58. The van der Waals surface area contributed by atoms with Crippen LogP contribution in [0.5, 0.6) is 0 Å². The second kappa shape index (κ2) is 8.83. The minimum absolute atomic E-state index is 0.639. The topological polar surface area (TPSA) is 95.1 Å². The maximum Gasteiger partial charge on any atom is 0.273 e. The standard InChI is InChI=1S/CH3NOS.H4N2/c2-1(3)4;1-2/h(H3,2,3,4);1-2H2. The molecule has 0 aliphatic carbocycles. The first-order valence-electron chi connectivity index (χ1n) is 1.05. The van der Waals surface area contributed by atoms with E-state index in [4.69, 9.17) is 4.79 Å². The number of rotatable bonds is 0. The van der Waals surface area contributed by atoms with Crippen molar-refractivity contribution in [1.82, 2.24) is 0 Å². The van der Waals surface area contributed by atoms with Crippen LogP contribution in [0.4, 0.5) is 4.79 Å². The van der Waals surface area contributed by atoms with Crippen LogP contribution in [-0.2, 0) is 0 Å². The molecular weight excluding hydrogens is 102 g/mol. The first-order chi connectivity index (χ1) is 2.73. The lowest BCUT2D eigenvalue weighted by atomic mass is 11.5. The summed E-state index contributed by atoms with van der Waals surface area (Å²) in [6.45, 7) is 0. The van der Waals surface area contributed by atoms with Gasteiger partial charge in [-0.25, -0.2) is 0 Å². The van der Waals surface area contributed by atoms with Crippen LogP contribution in [0.3, 0.4) is 0 Å². The quantitative estimate of drug-likeness (QED) is 0.179. The molecule has 0 rings (SSSR count). The Bertz CT molecular complexity index is 33.8. The number of carbonyl (C=O) groups is 1. The van der Waals surface area contributed by atoms with Gasteiger partial charge in [0, 0.05) is 0 Å². The molecule has 4 nitrogen and oxygen atoms in total. The van der Waals surface area contributed by atoms with E-state index in [0.717, 1.165) is 0 Å². The Kier molecular flexibility index (Phi) is 13.6. The molecule has 5 heteroatoms. The van der Waals surface area contributed by atoms with E-state index in [1.807, 2.05) is 0 Å². The molecule has 38 valence electrons. The fourth-order valence-electron chi connectivity index (χ4n) is 0. The molecule has 0 aromatic rings. The summed E-state index contributed by atoms with van der Waals surface area (Å²) in [5.74, 6) is 8.00. The summed E-state index contributed by atoms with van der Waals surface area (Å²) >= 11 is 3.10. The van der Waals surface area contributed by atoms with Crippen molar-refractivity contribution in [2.75, 3.05) is 0 Å². The van der Waals surface area contributed by atoms with Crippen molar-refractivity contribution in [3.8, 4) is 0 Å².